The van der Waals surface area contributed by atoms with Crippen molar-refractivity contribution < 1.29 is 4.79 Å². The molecule has 2 heteroatoms. The average Bonchev–Trinajstić information content (AvgIpc) is 2.36. The number of carbonyl (C=O) groups excluding carboxylic acids is 1. The van der Waals surface area contributed by atoms with Crippen LogP contribution in [-0.2, 0) is 4.79 Å². The lowest BCUT2D eigenvalue weighted by Gasteiger charge is -2.59. The van der Waals surface area contributed by atoms with Crippen LogP contribution in [0, 0.1) is 29.1 Å². The Hall–Kier alpha value is -0.530. The van der Waals surface area contributed by atoms with Gasteiger partial charge in [0.1, 0.15) is 0 Å². The van der Waals surface area contributed by atoms with Crippen LogP contribution in [0.5, 0.6) is 0 Å². The summed E-state index contributed by atoms with van der Waals surface area (Å²) in [4.78, 5) is 12.2. The third-order valence-electron chi connectivity index (χ3n) is 6.42. The van der Waals surface area contributed by atoms with Crippen LogP contribution >= 0.6 is 0 Å². The first kappa shape index (κ1) is 13.5. The van der Waals surface area contributed by atoms with Gasteiger partial charge in [0.25, 0.3) is 0 Å². The molecule has 4 saturated carbocycles. The fourth-order valence-electron chi connectivity index (χ4n) is 5.40. The highest BCUT2D eigenvalue weighted by molar-refractivity contribution is 5.78. The Kier molecular flexibility index (Phi) is 3.39. The molecule has 0 aromatic carbocycles. The standard InChI is InChI=1S/C17H29NO/c1-4-11(2)16(19)18-12(3)17-8-13-5-14(9-17)7-15(6-13)10-17/h11-15H,4-10H2,1-3H3,(H,18,19). The zero-order valence-corrected chi connectivity index (χ0v) is 12.7. The molecule has 108 valence electrons. The molecule has 1 N–H and O–H groups in total. The number of hydrogen-bond donors (Lipinski definition) is 1. The summed E-state index contributed by atoms with van der Waals surface area (Å²) >= 11 is 0. The van der Waals surface area contributed by atoms with E-state index >= 15 is 0 Å². The van der Waals surface area contributed by atoms with Crippen LogP contribution in [0.4, 0.5) is 0 Å². The summed E-state index contributed by atoms with van der Waals surface area (Å²) in [5.41, 5.74) is 0.442. The van der Waals surface area contributed by atoms with Crippen molar-refractivity contribution in [1.29, 1.82) is 0 Å². The zero-order chi connectivity index (χ0) is 13.6. The molecular weight excluding hydrogens is 234 g/mol. The number of rotatable bonds is 4. The molecule has 0 spiro atoms. The van der Waals surface area contributed by atoms with Gasteiger partial charge in [-0.05, 0) is 75.0 Å². The van der Waals surface area contributed by atoms with E-state index in [1.807, 2.05) is 6.92 Å². The minimum absolute atomic E-state index is 0.163. The lowest BCUT2D eigenvalue weighted by molar-refractivity contribution is -0.129. The summed E-state index contributed by atoms with van der Waals surface area (Å²) in [5, 5.41) is 3.35. The van der Waals surface area contributed by atoms with Crippen molar-refractivity contribution in [1.82, 2.24) is 5.32 Å². The molecule has 1 amide bonds. The Morgan fingerprint density at radius 3 is 2.00 bits per heavy atom. The topological polar surface area (TPSA) is 29.1 Å². The Morgan fingerprint density at radius 2 is 1.58 bits per heavy atom. The molecule has 4 bridgehead atoms. The van der Waals surface area contributed by atoms with E-state index in [2.05, 4.69) is 19.2 Å². The van der Waals surface area contributed by atoms with E-state index in [1.54, 1.807) is 0 Å². The molecule has 2 unspecified atom stereocenters. The van der Waals surface area contributed by atoms with Gasteiger partial charge in [0.05, 0.1) is 0 Å². The van der Waals surface area contributed by atoms with Crippen LogP contribution < -0.4 is 5.32 Å². The zero-order valence-electron chi connectivity index (χ0n) is 12.7. The van der Waals surface area contributed by atoms with Crippen molar-refractivity contribution in [3.05, 3.63) is 0 Å². The Morgan fingerprint density at radius 1 is 1.11 bits per heavy atom. The van der Waals surface area contributed by atoms with Gasteiger partial charge in [-0.1, -0.05) is 13.8 Å². The number of hydrogen-bond acceptors (Lipinski definition) is 1. The van der Waals surface area contributed by atoms with E-state index in [-0.39, 0.29) is 11.8 Å². The van der Waals surface area contributed by atoms with Gasteiger partial charge in [0.2, 0.25) is 5.91 Å². The number of carbonyl (C=O) groups is 1. The molecule has 4 rings (SSSR count). The normalized spacial score (nSPS) is 43.0. The average molecular weight is 263 g/mol. The van der Waals surface area contributed by atoms with Gasteiger partial charge in [-0.25, -0.2) is 0 Å². The maximum atomic E-state index is 12.2. The second kappa shape index (κ2) is 4.79. The third kappa shape index (κ3) is 2.32. The molecule has 4 fully saturated rings. The van der Waals surface area contributed by atoms with Crippen LogP contribution in [0.25, 0.3) is 0 Å². The van der Waals surface area contributed by atoms with E-state index < -0.39 is 0 Å². The van der Waals surface area contributed by atoms with Gasteiger partial charge in [0, 0.05) is 12.0 Å². The van der Waals surface area contributed by atoms with Crippen molar-refractivity contribution >= 4 is 5.91 Å². The minimum atomic E-state index is 0.163. The second-order valence-corrected chi connectivity index (χ2v) is 7.82. The summed E-state index contributed by atoms with van der Waals surface area (Å²) in [7, 11) is 0. The Bertz CT molecular complexity index is 327. The Balaban J connectivity index is 1.69. The van der Waals surface area contributed by atoms with Crippen LogP contribution in [0.2, 0.25) is 0 Å². The third-order valence-corrected chi connectivity index (χ3v) is 6.42. The summed E-state index contributed by atoms with van der Waals surface area (Å²) in [5.74, 6) is 3.33. The first-order valence-electron chi connectivity index (χ1n) is 8.33. The predicted octanol–water partition coefficient (Wildman–Crippen LogP) is 3.75. The van der Waals surface area contributed by atoms with Gasteiger partial charge in [-0.2, -0.15) is 0 Å². The van der Waals surface area contributed by atoms with E-state index in [0.717, 1.165) is 24.2 Å². The first-order valence-corrected chi connectivity index (χ1v) is 8.33. The smallest absolute Gasteiger partial charge is 0.223 e. The molecule has 2 nitrogen and oxygen atoms in total. The molecule has 0 aromatic rings. The highest BCUT2D eigenvalue weighted by atomic mass is 16.1. The van der Waals surface area contributed by atoms with Gasteiger partial charge < -0.3 is 5.32 Å². The van der Waals surface area contributed by atoms with Crippen molar-refractivity contribution in [2.45, 2.75) is 71.8 Å². The lowest BCUT2D eigenvalue weighted by Crippen LogP contribution is -2.56. The van der Waals surface area contributed by atoms with Crippen LogP contribution in [0.3, 0.4) is 0 Å². The molecule has 0 heterocycles. The molecule has 0 aromatic heterocycles. The van der Waals surface area contributed by atoms with Crippen molar-refractivity contribution in [2.75, 3.05) is 0 Å². The molecule has 0 radical (unpaired) electrons. The summed E-state index contributed by atoms with van der Waals surface area (Å²) in [6.07, 6.45) is 9.50. The highest BCUT2D eigenvalue weighted by Crippen LogP contribution is 2.61. The molecule has 2 atom stereocenters. The number of nitrogens with one attached hydrogen (secondary N) is 1. The quantitative estimate of drug-likeness (QED) is 0.822. The molecule has 0 saturated heterocycles. The Labute approximate surface area is 117 Å². The van der Waals surface area contributed by atoms with Crippen molar-refractivity contribution in [3.8, 4) is 0 Å². The molecular formula is C17H29NO. The predicted molar refractivity (Wildman–Crippen MR) is 77.7 cm³/mol. The monoisotopic (exact) mass is 263 g/mol. The van der Waals surface area contributed by atoms with Gasteiger partial charge in [0.15, 0.2) is 0 Å². The summed E-state index contributed by atoms with van der Waals surface area (Å²) < 4.78 is 0. The van der Waals surface area contributed by atoms with Crippen LogP contribution in [0.15, 0.2) is 0 Å². The maximum absolute atomic E-state index is 12.2. The van der Waals surface area contributed by atoms with E-state index in [1.165, 1.54) is 38.5 Å². The van der Waals surface area contributed by atoms with Crippen LogP contribution in [0.1, 0.15) is 65.7 Å². The summed E-state index contributed by atoms with van der Waals surface area (Å²) in [6.45, 7) is 6.41. The molecule has 0 aliphatic heterocycles. The molecule has 4 aliphatic rings. The molecule has 19 heavy (non-hydrogen) atoms. The molecule has 4 aliphatic carbocycles. The number of amides is 1. The highest BCUT2D eigenvalue weighted by Gasteiger charge is 2.53. The van der Waals surface area contributed by atoms with Gasteiger partial charge in [-0.3, -0.25) is 4.79 Å². The maximum Gasteiger partial charge on any atom is 0.223 e. The fourth-order valence-corrected chi connectivity index (χ4v) is 5.40. The first-order chi connectivity index (χ1) is 9.02. The van der Waals surface area contributed by atoms with E-state index in [4.69, 9.17) is 0 Å². The van der Waals surface area contributed by atoms with Gasteiger partial charge >= 0.3 is 0 Å². The van der Waals surface area contributed by atoms with Crippen LogP contribution in [-0.4, -0.2) is 11.9 Å². The second-order valence-electron chi connectivity index (χ2n) is 7.82. The van der Waals surface area contributed by atoms with E-state index in [9.17, 15) is 4.79 Å². The van der Waals surface area contributed by atoms with Gasteiger partial charge in [-0.15, -0.1) is 0 Å². The van der Waals surface area contributed by atoms with Crippen molar-refractivity contribution in [3.63, 3.8) is 0 Å². The fraction of sp³-hybridized carbons (Fsp3) is 0.941. The van der Waals surface area contributed by atoms with Crippen molar-refractivity contribution in [2.24, 2.45) is 29.1 Å². The minimum Gasteiger partial charge on any atom is -0.353 e. The van der Waals surface area contributed by atoms with E-state index in [0.29, 0.717) is 11.5 Å². The SMILES string of the molecule is CCC(C)C(=O)NC(C)C12CC3CC(CC(C3)C1)C2. The summed E-state index contributed by atoms with van der Waals surface area (Å²) in [6, 6.07) is 0.377. The largest absolute Gasteiger partial charge is 0.353 e. The lowest BCUT2D eigenvalue weighted by atomic mass is 9.48.